The zero-order chi connectivity index (χ0) is 15.0. The predicted octanol–water partition coefficient (Wildman–Crippen LogP) is 1.41. The number of carbonyl (C=O) groups excluding carboxylic acids is 2. The Morgan fingerprint density at radius 1 is 1.10 bits per heavy atom. The number of nitrogens with one attached hydrogen (secondary N) is 1. The first-order valence-corrected chi connectivity index (χ1v) is 6.16. The highest BCUT2D eigenvalue weighted by atomic mass is 19.1. The standard InChI is InChI=1S/C14H18FNO4/c1-19-13(17)7-12(8-14(18)20-2)16-9-10-3-5-11(15)6-4-10/h3-6,12,16H,7-9H2,1-2H3. The topological polar surface area (TPSA) is 64.6 Å². The lowest BCUT2D eigenvalue weighted by Gasteiger charge is -2.16. The number of esters is 2. The largest absolute Gasteiger partial charge is 0.469 e. The van der Waals surface area contributed by atoms with Crippen molar-refractivity contribution in [2.45, 2.75) is 25.4 Å². The molecule has 1 N–H and O–H groups in total. The first-order valence-electron chi connectivity index (χ1n) is 6.16. The molecule has 0 aromatic heterocycles. The summed E-state index contributed by atoms with van der Waals surface area (Å²) in [4.78, 5) is 22.6. The van der Waals surface area contributed by atoms with Crippen LogP contribution in [-0.4, -0.2) is 32.2 Å². The van der Waals surface area contributed by atoms with E-state index in [0.29, 0.717) is 6.54 Å². The molecule has 0 aliphatic heterocycles. The Hall–Kier alpha value is -1.95. The first kappa shape index (κ1) is 16.1. The Morgan fingerprint density at radius 2 is 1.60 bits per heavy atom. The number of hydrogen-bond donors (Lipinski definition) is 1. The second kappa shape index (κ2) is 8.27. The second-order valence-corrected chi connectivity index (χ2v) is 4.26. The van der Waals surface area contributed by atoms with Gasteiger partial charge in [0.1, 0.15) is 5.82 Å². The molecule has 1 rings (SSSR count). The van der Waals surface area contributed by atoms with Crippen LogP contribution in [0.1, 0.15) is 18.4 Å². The van der Waals surface area contributed by atoms with Gasteiger partial charge in [-0.3, -0.25) is 9.59 Å². The van der Waals surface area contributed by atoms with Crippen LogP contribution in [0.3, 0.4) is 0 Å². The molecule has 0 saturated carbocycles. The van der Waals surface area contributed by atoms with E-state index in [1.54, 1.807) is 12.1 Å². The Morgan fingerprint density at radius 3 is 2.05 bits per heavy atom. The molecule has 0 amide bonds. The van der Waals surface area contributed by atoms with E-state index in [4.69, 9.17) is 0 Å². The van der Waals surface area contributed by atoms with Crippen molar-refractivity contribution in [2.75, 3.05) is 14.2 Å². The van der Waals surface area contributed by atoms with E-state index >= 15 is 0 Å². The average Bonchev–Trinajstić information content (AvgIpc) is 2.46. The third-order valence-corrected chi connectivity index (χ3v) is 2.79. The third-order valence-electron chi connectivity index (χ3n) is 2.79. The van der Waals surface area contributed by atoms with Gasteiger partial charge in [-0.05, 0) is 17.7 Å². The maximum Gasteiger partial charge on any atom is 0.307 e. The van der Waals surface area contributed by atoms with Gasteiger partial charge in [-0.2, -0.15) is 0 Å². The molecule has 6 heteroatoms. The molecule has 110 valence electrons. The van der Waals surface area contributed by atoms with E-state index in [1.807, 2.05) is 0 Å². The van der Waals surface area contributed by atoms with Crippen molar-refractivity contribution in [1.82, 2.24) is 5.32 Å². The van der Waals surface area contributed by atoms with Crippen LogP contribution in [0.15, 0.2) is 24.3 Å². The fourth-order valence-corrected chi connectivity index (χ4v) is 1.65. The lowest BCUT2D eigenvalue weighted by Crippen LogP contribution is -2.33. The number of methoxy groups -OCH3 is 2. The van der Waals surface area contributed by atoms with E-state index in [1.165, 1.54) is 26.4 Å². The highest BCUT2D eigenvalue weighted by Crippen LogP contribution is 2.06. The van der Waals surface area contributed by atoms with Crippen molar-refractivity contribution in [3.63, 3.8) is 0 Å². The minimum atomic E-state index is -0.412. The number of hydrogen-bond acceptors (Lipinski definition) is 5. The molecule has 0 aliphatic carbocycles. The molecule has 0 radical (unpaired) electrons. The zero-order valence-corrected chi connectivity index (χ0v) is 11.5. The van der Waals surface area contributed by atoms with Gasteiger partial charge >= 0.3 is 11.9 Å². The summed E-state index contributed by atoms with van der Waals surface area (Å²) in [5.74, 6) is -1.13. The van der Waals surface area contributed by atoms with Crippen LogP contribution in [0, 0.1) is 5.82 Å². The molecule has 0 heterocycles. The van der Waals surface area contributed by atoms with Gasteiger partial charge in [-0.1, -0.05) is 12.1 Å². The molecule has 0 saturated heterocycles. The lowest BCUT2D eigenvalue weighted by atomic mass is 10.1. The van der Waals surface area contributed by atoms with Crippen molar-refractivity contribution in [3.8, 4) is 0 Å². The maximum absolute atomic E-state index is 12.8. The Labute approximate surface area is 117 Å². The van der Waals surface area contributed by atoms with Crippen molar-refractivity contribution >= 4 is 11.9 Å². The molecule has 1 aromatic rings. The fourth-order valence-electron chi connectivity index (χ4n) is 1.65. The van der Waals surface area contributed by atoms with Gasteiger partial charge in [0, 0.05) is 12.6 Å². The summed E-state index contributed by atoms with van der Waals surface area (Å²) >= 11 is 0. The fraction of sp³-hybridized carbons (Fsp3) is 0.429. The Bertz CT molecular complexity index is 429. The van der Waals surface area contributed by atoms with Gasteiger partial charge in [0.25, 0.3) is 0 Å². The Balaban J connectivity index is 2.56. The lowest BCUT2D eigenvalue weighted by molar-refractivity contribution is -0.143. The number of halogens is 1. The summed E-state index contributed by atoms with van der Waals surface area (Å²) < 4.78 is 21.9. The van der Waals surface area contributed by atoms with Gasteiger partial charge in [0.15, 0.2) is 0 Å². The zero-order valence-electron chi connectivity index (χ0n) is 11.5. The molecule has 0 fully saturated rings. The van der Waals surface area contributed by atoms with Crippen molar-refractivity contribution in [2.24, 2.45) is 0 Å². The van der Waals surface area contributed by atoms with Crippen LogP contribution >= 0.6 is 0 Å². The van der Waals surface area contributed by atoms with Gasteiger partial charge < -0.3 is 14.8 Å². The maximum atomic E-state index is 12.8. The van der Waals surface area contributed by atoms with Gasteiger partial charge in [0.2, 0.25) is 0 Å². The molecule has 0 bridgehead atoms. The minimum absolute atomic E-state index is 0.0623. The third kappa shape index (κ3) is 5.79. The van der Waals surface area contributed by atoms with Crippen LogP contribution in [0.5, 0.6) is 0 Å². The molecule has 0 aliphatic rings. The highest BCUT2D eigenvalue weighted by molar-refractivity contribution is 5.73. The molecule has 1 aromatic carbocycles. The number of carbonyl (C=O) groups is 2. The minimum Gasteiger partial charge on any atom is -0.469 e. The molecule has 0 spiro atoms. The van der Waals surface area contributed by atoms with E-state index in [2.05, 4.69) is 14.8 Å². The normalized spacial score (nSPS) is 10.4. The quantitative estimate of drug-likeness (QED) is 0.766. The molecule has 0 unspecified atom stereocenters. The van der Waals surface area contributed by atoms with Crippen LogP contribution in [-0.2, 0) is 25.6 Å². The smallest absolute Gasteiger partial charge is 0.307 e. The number of benzene rings is 1. The summed E-state index contributed by atoms with van der Waals surface area (Å²) in [5, 5.41) is 3.06. The van der Waals surface area contributed by atoms with E-state index in [9.17, 15) is 14.0 Å². The SMILES string of the molecule is COC(=O)CC(CC(=O)OC)NCc1ccc(F)cc1. The summed E-state index contributed by atoms with van der Waals surface area (Å²) in [6, 6.07) is 5.59. The molecular formula is C14H18FNO4. The average molecular weight is 283 g/mol. The van der Waals surface area contributed by atoms with Crippen LogP contribution in [0.2, 0.25) is 0 Å². The van der Waals surface area contributed by atoms with E-state index < -0.39 is 11.9 Å². The van der Waals surface area contributed by atoms with Crippen LogP contribution < -0.4 is 5.32 Å². The van der Waals surface area contributed by atoms with E-state index in [0.717, 1.165) is 5.56 Å². The molecule has 20 heavy (non-hydrogen) atoms. The van der Waals surface area contributed by atoms with Gasteiger partial charge in [0.05, 0.1) is 27.1 Å². The highest BCUT2D eigenvalue weighted by Gasteiger charge is 2.18. The summed E-state index contributed by atoms with van der Waals surface area (Å²) in [7, 11) is 2.58. The Kier molecular flexibility index (Phi) is 6.66. The second-order valence-electron chi connectivity index (χ2n) is 4.26. The number of ether oxygens (including phenoxy) is 2. The monoisotopic (exact) mass is 283 g/mol. The van der Waals surface area contributed by atoms with Crippen LogP contribution in [0.4, 0.5) is 4.39 Å². The molecule has 0 atom stereocenters. The van der Waals surface area contributed by atoms with Crippen molar-refractivity contribution in [3.05, 3.63) is 35.6 Å². The van der Waals surface area contributed by atoms with Crippen molar-refractivity contribution < 1.29 is 23.5 Å². The predicted molar refractivity (Wildman–Crippen MR) is 70.3 cm³/mol. The van der Waals surface area contributed by atoms with Crippen molar-refractivity contribution in [1.29, 1.82) is 0 Å². The molecular weight excluding hydrogens is 265 g/mol. The number of rotatable bonds is 7. The van der Waals surface area contributed by atoms with Gasteiger partial charge in [-0.15, -0.1) is 0 Å². The summed E-state index contributed by atoms with van der Waals surface area (Å²) in [6.45, 7) is 0.416. The summed E-state index contributed by atoms with van der Waals surface area (Å²) in [6.07, 6.45) is 0.125. The van der Waals surface area contributed by atoms with Crippen LogP contribution in [0.25, 0.3) is 0 Å². The molecule has 5 nitrogen and oxygen atoms in total. The van der Waals surface area contributed by atoms with Gasteiger partial charge in [-0.25, -0.2) is 4.39 Å². The van der Waals surface area contributed by atoms with E-state index in [-0.39, 0.29) is 24.7 Å². The first-order chi connectivity index (χ1) is 9.55. The summed E-state index contributed by atoms with van der Waals surface area (Å²) in [5.41, 5.74) is 0.853.